The first-order valence-corrected chi connectivity index (χ1v) is 5.82. The highest BCUT2D eigenvalue weighted by Crippen LogP contribution is 2.27. The Morgan fingerprint density at radius 1 is 1.33 bits per heavy atom. The van der Waals surface area contributed by atoms with Crippen molar-refractivity contribution in [2.24, 2.45) is 0 Å². The standard InChI is InChI=1S/C11H20N2O2/c1-8(2)12-5-3-9(7-12)13-6-4-10(13)11(14)15/h8-10H,3-7H2,1-2H3,(H,14,15). The smallest absolute Gasteiger partial charge is 0.320 e. The van der Waals surface area contributed by atoms with Crippen molar-refractivity contribution in [2.45, 2.75) is 44.8 Å². The van der Waals surface area contributed by atoms with E-state index in [1.54, 1.807) is 0 Å². The number of carbonyl (C=O) groups is 1. The third-order valence-corrected chi connectivity index (χ3v) is 3.74. The van der Waals surface area contributed by atoms with Crippen molar-refractivity contribution in [2.75, 3.05) is 19.6 Å². The highest BCUT2D eigenvalue weighted by atomic mass is 16.4. The molecule has 15 heavy (non-hydrogen) atoms. The van der Waals surface area contributed by atoms with Crippen molar-refractivity contribution in [3.63, 3.8) is 0 Å². The monoisotopic (exact) mass is 212 g/mol. The fourth-order valence-electron chi connectivity index (χ4n) is 2.62. The summed E-state index contributed by atoms with van der Waals surface area (Å²) in [5.74, 6) is -0.649. The van der Waals surface area contributed by atoms with E-state index in [4.69, 9.17) is 5.11 Å². The second kappa shape index (κ2) is 4.10. The minimum atomic E-state index is -0.649. The first-order chi connectivity index (χ1) is 7.09. The van der Waals surface area contributed by atoms with E-state index in [0.29, 0.717) is 12.1 Å². The van der Waals surface area contributed by atoms with Gasteiger partial charge in [0.1, 0.15) is 6.04 Å². The number of hydrogen-bond acceptors (Lipinski definition) is 3. The lowest BCUT2D eigenvalue weighted by molar-refractivity contribution is -0.149. The fourth-order valence-corrected chi connectivity index (χ4v) is 2.62. The first kappa shape index (κ1) is 10.9. The van der Waals surface area contributed by atoms with Crippen LogP contribution in [0.5, 0.6) is 0 Å². The van der Waals surface area contributed by atoms with E-state index in [9.17, 15) is 4.79 Å². The molecule has 0 aromatic carbocycles. The van der Waals surface area contributed by atoms with Crippen molar-refractivity contribution >= 4 is 5.97 Å². The molecule has 0 aromatic rings. The molecule has 2 unspecified atom stereocenters. The molecule has 0 aliphatic carbocycles. The van der Waals surface area contributed by atoms with Gasteiger partial charge in [0.15, 0.2) is 0 Å². The molecular weight excluding hydrogens is 192 g/mol. The third-order valence-electron chi connectivity index (χ3n) is 3.74. The minimum Gasteiger partial charge on any atom is -0.480 e. The van der Waals surface area contributed by atoms with Crippen LogP contribution in [0.4, 0.5) is 0 Å². The van der Waals surface area contributed by atoms with Crippen molar-refractivity contribution in [1.29, 1.82) is 0 Å². The fraction of sp³-hybridized carbons (Fsp3) is 0.909. The minimum absolute atomic E-state index is 0.206. The molecule has 2 heterocycles. The van der Waals surface area contributed by atoms with Crippen LogP contribution in [0.15, 0.2) is 0 Å². The summed E-state index contributed by atoms with van der Waals surface area (Å²) < 4.78 is 0. The number of aliphatic carboxylic acids is 1. The number of nitrogens with zero attached hydrogens (tertiary/aromatic N) is 2. The van der Waals surface area contributed by atoms with Gasteiger partial charge in [-0.2, -0.15) is 0 Å². The second-order valence-corrected chi connectivity index (χ2v) is 4.91. The highest BCUT2D eigenvalue weighted by Gasteiger charge is 2.41. The summed E-state index contributed by atoms with van der Waals surface area (Å²) >= 11 is 0. The lowest BCUT2D eigenvalue weighted by Crippen LogP contribution is -2.57. The number of rotatable bonds is 3. The van der Waals surface area contributed by atoms with Gasteiger partial charge < -0.3 is 5.11 Å². The van der Waals surface area contributed by atoms with Gasteiger partial charge in [0.05, 0.1) is 0 Å². The number of likely N-dealkylation sites (tertiary alicyclic amines) is 2. The molecule has 0 radical (unpaired) electrons. The van der Waals surface area contributed by atoms with E-state index >= 15 is 0 Å². The van der Waals surface area contributed by atoms with Gasteiger partial charge in [-0.1, -0.05) is 0 Å². The maximum absolute atomic E-state index is 10.9. The first-order valence-electron chi connectivity index (χ1n) is 5.82. The maximum Gasteiger partial charge on any atom is 0.320 e. The number of carboxylic acids is 1. The molecule has 0 bridgehead atoms. The lowest BCUT2D eigenvalue weighted by Gasteiger charge is -2.42. The Morgan fingerprint density at radius 3 is 2.47 bits per heavy atom. The zero-order chi connectivity index (χ0) is 11.0. The zero-order valence-corrected chi connectivity index (χ0v) is 9.52. The topological polar surface area (TPSA) is 43.8 Å². The van der Waals surface area contributed by atoms with Crippen molar-refractivity contribution in [1.82, 2.24) is 9.80 Å². The largest absolute Gasteiger partial charge is 0.480 e. The van der Waals surface area contributed by atoms with E-state index in [0.717, 1.165) is 32.5 Å². The van der Waals surface area contributed by atoms with Crippen LogP contribution in [0.3, 0.4) is 0 Å². The van der Waals surface area contributed by atoms with Crippen LogP contribution in [0.25, 0.3) is 0 Å². The molecular formula is C11H20N2O2. The van der Waals surface area contributed by atoms with E-state index < -0.39 is 5.97 Å². The van der Waals surface area contributed by atoms with Crippen molar-refractivity contribution in [3.8, 4) is 0 Å². The Bertz CT molecular complexity index is 255. The average Bonchev–Trinajstić information content (AvgIpc) is 2.49. The molecule has 2 rings (SSSR count). The molecule has 2 saturated heterocycles. The summed E-state index contributed by atoms with van der Waals surface area (Å²) in [6.45, 7) is 7.53. The van der Waals surface area contributed by atoms with E-state index in [2.05, 4.69) is 23.6 Å². The molecule has 0 spiro atoms. The van der Waals surface area contributed by atoms with Gasteiger partial charge in [0.2, 0.25) is 0 Å². The van der Waals surface area contributed by atoms with Crippen molar-refractivity contribution in [3.05, 3.63) is 0 Å². The quantitative estimate of drug-likeness (QED) is 0.745. The SMILES string of the molecule is CC(C)N1CCC(N2CCC2C(=O)O)C1. The lowest BCUT2D eigenvalue weighted by atomic mass is 9.99. The number of hydrogen-bond donors (Lipinski definition) is 1. The van der Waals surface area contributed by atoms with Crippen LogP contribution in [0, 0.1) is 0 Å². The van der Waals surface area contributed by atoms with Gasteiger partial charge in [-0.05, 0) is 26.7 Å². The predicted molar refractivity (Wildman–Crippen MR) is 57.9 cm³/mol. The molecule has 2 fully saturated rings. The Morgan fingerprint density at radius 2 is 2.07 bits per heavy atom. The maximum atomic E-state index is 10.9. The molecule has 2 atom stereocenters. The van der Waals surface area contributed by atoms with E-state index in [-0.39, 0.29) is 6.04 Å². The van der Waals surface area contributed by atoms with Gasteiger partial charge in [0.25, 0.3) is 0 Å². The summed E-state index contributed by atoms with van der Waals surface area (Å²) in [6, 6.07) is 0.851. The Labute approximate surface area is 90.9 Å². The summed E-state index contributed by atoms with van der Waals surface area (Å²) in [6.07, 6.45) is 1.95. The Kier molecular flexibility index (Phi) is 2.98. The summed E-state index contributed by atoms with van der Waals surface area (Å²) in [4.78, 5) is 15.5. The average molecular weight is 212 g/mol. The third kappa shape index (κ3) is 2.01. The van der Waals surface area contributed by atoms with Gasteiger partial charge in [-0.3, -0.25) is 14.6 Å². The van der Waals surface area contributed by atoms with Gasteiger partial charge in [-0.25, -0.2) is 0 Å². The normalized spacial score (nSPS) is 33.3. The Balaban J connectivity index is 1.88. The molecule has 0 saturated carbocycles. The highest BCUT2D eigenvalue weighted by molar-refractivity contribution is 5.74. The Hall–Kier alpha value is -0.610. The predicted octanol–water partition coefficient (Wildman–Crippen LogP) is 0.628. The molecule has 4 nitrogen and oxygen atoms in total. The van der Waals surface area contributed by atoms with Gasteiger partial charge in [0, 0.05) is 31.7 Å². The summed E-state index contributed by atoms with van der Waals surface area (Å²) in [7, 11) is 0. The molecule has 2 aliphatic rings. The van der Waals surface area contributed by atoms with Crippen molar-refractivity contribution < 1.29 is 9.90 Å². The molecule has 0 aromatic heterocycles. The van der Waals surface area contributed by atoms with Crippen LogP contribution in [0.1, 0.15) is 26.7 Å². The van der Waals surface area contributed by atoms with Crippen LogP contribution < -0.4 is 0 Å². The van der Waals surface area contributed by atoms with E-state index in [1.165, 1.54) is 0 Å². The molecule has 1 N–H and O–H groups in total. The molecule has 4 heteroatoms. The molecule has 86 valence electrons. The molecule has 0 amide bonds. The van der Waals surface area contributed by atoms with Crippen LogP contribution in [-0.4, -0.2) is 58.6 Å². The summed E-state index contributed by atoms with van der Waals surface area (Å²) in [5.41, 5.74) is 0. The van der Waals surface area contributed by atoms with Crippen LogP contribution in [-0.2, 0) is 4.79 Å². The second-order valence-electron chi connectivity index (χ2n) is 4.91. The van der Waals surface area contributed by atoms with E-state index in [1.807, 2.05) is 0 Å². The molecule has 2 aliphatic heterocycles. The van der Waals surface area contributed by atoms with Gasteiger partial charge >= 0.3 is 5.97 Å². The van der Waals surface area contributed by atoms with Gasteiger partial charge in [-0.15, -0.1) is 0 Å². The van der Waals surface area contributed by atoms with Crippen LogP contribution in [0.2, 0.25) is 0 Å². The van der Waals surface area contributed by atoms with Crippen LogP contribution >= 0.6 is 0 Å². The summed E-state index contributed by atoms with van der Waals surface area (Å²) in [5, 5.41) is 8.98. The number of carboxylic acid groups (broad SMARTS) is 1. The zero-order valence-electron chi connectivity index (χ0n) is 9.52.